The van der Waals surface area contributed by atoms with E-state index in [9.17, 15) is 0 Å². The summed E-state index contributed by atoms with van der Waals surface area (Å²) in [4.78, 5) is 0. The Morgan fingerprint density at radius 1 is 0.403 bits per heavy atom. The molecule has 0 bridgehead atoms. The van der Waals surface area contributed by atoms with Crippen LogP contribution in [-0.4, -0.2) is 12.6 Å². The van der Waals surface area contributed by atoms with Crippen molar-refractivity contribution in [1.29, 1.82) is 0 Å². The van der Waals surface area contributed by atoms with Crippen LogP contribution in [0.25, 0.3) is 56.0 Å². The van der Waals surface area contributed by atoms with E-state index in [0.717, 1.165) is 12.8 Å². The van der Waals surface area contributed by atoms with Crippen LogP contribution in [-0.2, 0) is 17.3 Å². The second-order valence-electron chi connectivity index (χ2n) is 20.6. The van der Waals surface area contributed by atoms with E-state index >= 15 is 0 Å². The predicted octanol–water partition coefficient (Wildman–Crippen LogP) is 14.3. The SMILES string of the molecule is CC1(C)c2cc(-c3ccc4c(c3)c3c(n4-c4ccc5c(c4)C(c4ccccc4)(c4ccccc4)c4ccccc4-5)CCC=C3)ccc2-c2ccc([Si](c3ccccc3)(c3ccccc3)c3ccccc3)cc21. The van der Waals surface area contributed by atoms with Gasteiger partial charge in [0.2, 0.25) is 0 Å². The van der Waals surface area contributed by atoms with Gasteiger partial charge in [0.25, 0.3) is 0 Å². The molecule has 0 aliphatic heterocycles. The summed E-state index contributed by atoms with van der Waals surface area (Å²) >= 11 is 0. The highest BCUT2D eigenvalue weighted by Gasteiger charge is 2.47. The molecule has 1 heterocycles. The molecule has 1 nitrogen and oxygen atoms in total. The predicted molar refractivity (Wildman–Crippen MR) is 305 cm³/mol. The Labute approximate surface area is 424 Å². The van der Waals surface area contributed by atoms with Gasteiger partial charge >= 0.3 is 0 Å². The second kappa shape index (κ2) is 16.4. The molecule has 11 aromatic rings. The van der Waals surface area contributed by atoms with Gasteiger partial charge < -0.3 is 4.57 Å². The summed E-state index contributed by atoms with van der Waals surface area (Å²) in [5.74, 6) is 0. The Hall–Kier alpha value is -8.30. The lowest BCUT2D eigenvalue weighted by molar-refractivity contribution is 0.661. The van der Waals surface area contributed by atoms with Crippen LogP contribution in [0.4, 0.5) is 0 Å². The van der Waals surface area contributed by atoms with Crippen LogP contribution in [0.2, 0.25) is 0 Å². The molecular weight excluding hydrogens is 883 g/mol. The molecule has 0 saturated heterocycles. The van der Waals surface area contributed by atoms with E-state index < -0.39 is 13.5 Å². The van der Waals surface area contributed by atoms with Gasteiger partial charge in [0.05, 0.1) is 10.9 Å². The molecule has 14 rings (SSSR count). The van der Waals surface area contributed by atoms with E-state index in [4.69, 9.17) is 0 Å². The molecule has 3 aliphatic rings. The fourth-order valence-electron chi connectivity index (χ4n) is 13.5. The third kappa shape index (κ3) is 6.06. The molecule has 10 aromatic carbocycles. The van der Waals surface area contributed by atoms with Gasteiger partial charge in [0.1, 0.15) is 0 Å². The van der Waals surface area contributed by atoms with Crippen molar-refractivity contribution in [3.05, 3.63) is 299 Å². The lowest BCUT2D eigenvalue weighted by Gasteiger charge is -2.35. The minimum atomic E-state index is -2.70. The average molecular weight is 936 g/mol. The van der Waals surface area contributed by atoms with E-state index in [2.05, 4.69) is 279 Å². The first-order chi connectivity index (χ1) is 35.5. The molecule has 0 N–H and O–H groups in total. The molecule has 72 heavy (non-hydrogen) atoms. The number of hydrogen-bond acceptors (Lipinski definition) is 0. The van der Waals surface area contributed by atoms with E-state index in [0.29, 0.717) is 0 Å². The Morgan fingerprint density at radius 3 is 1.54 bits per heavy atom. The van der Waals surface area contributed by atoms with Crippen LogP contribution in [0.3, 0.4) is 0 Å². The monoisotopic (exact) mass is 935 g/mol. The van der Waals surface area contributed by atoms with Crippen molar-refractivity contribution in [1.82, 2.24) is 4.57 Å². The third-order valence-corrected chi connectivity index (χ3v) is 21.5. The van der Waals surface area contributed by atoms with Crippen LogP contribution in [0, 0.1) is 0 Å². The summed E-state index contributed by atoms with van der Waals surface area (Å²) < 4.78 is 2.58. The second-order valence-corrected chi connectivity index (χ2v) is 24.4. The summed E-state index contributed by atoms with van der Waals surface area (Å²) in [5, 5.41) is 6.91. The van der Waals surface area contributed by atoms with Crippen LogP contribution in [0.15, 0.2) is 255 Å². The number of nitrogens with zero attached hydrogens (tertiary/aromatic N) is 1. The van der Waals surface area contributed by atoms with Gasteiger partial charge in [0, 0.05) is 27.7 Å². The molecule has 0 radical (unpaired) electrons. The van der Waals surface area contributed by atoms with Gasteiger partial charge in [0.15, 0.2) is 8.07 Å². The van der Waals surface area contributed by atoms with E-state index in [1.807, 2.05) is 0 Å². The highest BCUT2D eigenvalue weighted by molar-refractivity contribution is 7.19. The maximum absolute atomic E-state index is 2.70. The summed E-state index contributed by atoms with van der Waals surface area (Å²) in [6.45, 7) is 4.87. The first kappa shape index (κ1) is 42.6. The van der Waals surface area contributed by atoms with Gasteiger partial charge in [-0.1, -0.05) is 244 Å². The van der Waals surface area contributed by atoms with Crippen molar-refractivity contribution in [2.45, 2.75) is 37.5 Å². The molecule has 0 fully saturated rings. The molecule has 0 saturated carbocycles. The minimum absolute atomic E-state index is 0.210. The number of allylic oxidation sites excluding steroid dienone is 1. The third-order valence-electron chi connectivity index (χ3n) is 16.7. The highest BCUT2D eigenvalue weighted by atomic mass is 28.3. The van der Waals surface area contributed by atoms with Gasteiger partial charge in [-0.05, 0) is 131 Å². The van der Waals surface area contributed by atoms with E-state index in [-0.39, 0.29) is 5.41 Å². The summed E-state index contributed by atoms with van der Waals surface area (Å²) in [6.07, 6.45) is 6.76. The number of fused-ring (bicyclic) bond motifs is 9. The average Bonchev–Trinajstić information content (AvgIpc) is 4.03. The number of hydrogen-bond donors (Lipinski definition) is 0. The highest BCUT2D eigenvalue weighted by Crippen LogP contribution is 2.57. The molecule has 0 spiro atoms. The van der Waals surface area contributed by atoms with Gasteiger partial charge in [-0.3, -0.25) is 0 Å². The topological polar surface area (TPSA) is 4.93 Å². The van der Waals surface area contributed by atoms with E-state index in [1.165, 1.54) is 115 Å². The van der Waals surface area contributed by atoms with Crippen molar-refractivity contribution >= 4 is 45.8 Å². The Morgan fingerprint density at radius 2 is 0.903 bits per heavy atom. The fourth-order valence-corrected chi connectivity index (χ4v) is 18.3. The number of aromatic nitrogens is 1. The maximum atomic E-state index is 2.59. The lowest BCUT2D eigenvalue weighted by atomic mass is 9.67. The summed E-state index contributed by atoms with van der Waals surface area (Å²) in [5.41, 5.74) is 20.3. The molecule has 3 aliphatic carbocycles. The zero-order valence-corrected chi connectivity index (χ0v) is 41.7. The number of benzene rings is 10. The number of rotatable bonds is 8. The van der Waals surface area contributed by atoms with Crippen LogP contribution < -0.4 is 20.7 Å². The Balaban J connectivity index is 0.891. The molecular formula is C70H53NSi. The summed E-state index contributed by atoms with van der Waals surface area (Å²) in [6, 6.07) is 94.4. The fraction of sp³-hybridized carbons (Fsp3) is 0.0857. The quantitative estimate of drug-likeness (QED) is 0.106. The molecule has 0 amide bonds. The smallest absolute Gasteiger partial charge is 0.179 e. The van der Waals surface area contributed by atoms with Crippen LogP contribution >= 0.6 is 0 Å². The van der Waals surface area contributed by atoms with Gasteiger partial charge in [-0.15, -0.1) is 0 Å². The maximum Gasteiger partial charge on any atom is 0.179 e. The lowest BCUT2D eigenvalue weighted by Crippen LogP contribution is -2.74. The van der Waals surface area contributed by atoms with Crippen LogP contribution in [0.5, 0.6) is 0 Å². The Kier molecular flexibility index (Phi) is 9.69. The molecule has 1 aromatic heterocycles. The van der Waals surface area contributed by atoms with Crippen LogP contribution in [0.1, 0.15) is 64.9 Å². The largest absolute Gasteiger partial charge is 0.313 e. The van der Waals surface area contributed by atoms with Crippen molar-refractivity contribution in [2.24, 2.45) is 0 Å². The van der Waals surface area contributed by atoms with Crippen molar-refractivity contribution < 1.29 is 0 Å². The molecule has 2 heteroatoms. The normalized spacial score (nSPS) is 14.6. The molecule has 342 valence electrons. The van der Waals surface area contributed by atoms with E-state index in [1.54, 1.807) is 0 Å². The zero-order valence-electron chi connectivity index (χ0n) is 40.7. The molecule has 0 unspecified atom stereocenters. The first-order valence-corrected chi connectivity index (χ1v) is 27.6. The van der Waals surface area contributed by atoms with Gasteiger partial charge in [-0.25, -0.2) is 0 Å². The first-order valence-electron chi connectivity index (χ1n) is 25.6. The standard InChI is InChI=1S/C70H53NSi/c1-69(2)64-45-49(36-40-58(64)59-42-39-56(47-65(59)69)72(53-26-12-5-13-27-53,54-28-14-6-15-29-54)55-30-16-7-17-31-55)48-37-43-68-62(44-48)61-33-19-21-35-67(61)71(68)52-38-41-60-57-32-18-20-34-63(57)70(66(60)46-52,50-22-8-3-9-23-50)51-24-10-4-11-25-51/h3-20,22-34,36-47H,21,35H2,1-2H3. The zero-order chi connectivity index (χ0) is 48.0. The van der Waals surface area contributed by atoms with Gasteiger partial charge in [-0.2, -0.15) is 0 Å². The van der Waals surface area contributed by atoms with Crippen molar-refractivity contribution in [3.8, 4) is 39.1 Å². The molecule has 0 atom stereocenters. The summed E-state index contributed by atoms with van der Waals surface area (Å²) in [7, 11) is -2.70. The van der Waals surface area contributed by atoms with Crippen molar-refractivity contribution in [3.63, 3.8) is 0 Å². The Bertz CT molecular complexity index is 3790. The van der Waals surface area contributed by atoms with Crippen molar-refractivity contribution in [2.75, 3.05) is 0 Å². The minimum Gasteiger partial charge on any atom is -0.313 e.